The summed E-state index contributed by atoms with van der Waals surface area (Å²) in [6.45, 7) is 2.00. The third-order valence-corrected chi connectivity index (χ3v) is 2.53. The Labute approximate surface area is 84.4 Å². The van der Waals surface area contributed by atoms with Gasteiger partial charge in [-0.2, -0.15) is 0 Å². The molecule has 0 aromatic carbocycles. The number of hydrogen-bond acceptors (Lipinski definition) is 4. The van der Waals surface area contributed by atoms with Gasteiger partial charge in [0.25, 0.3) is 0 Å². The second-order valence-corrected chi connectivity index (χ2v) is 5.63. The van der Waals surface area contributed by atoms with Gasteiger partial charge in [-0.05, 0) is 13.3 Å². The van der Waals surface area contributed by atoms with Gasteiger partial charge in [0.05, 0.1) is 11.9 Å². The fourth-order valence-corrected chi connectivity index (χ4v) is 1.34. The third-order valence-electron chi connectivity index (χ3n) is 1.58. The molecule has 1 amide bonds. The van der Waals surface area contributed by atoms with Gasteiger partial charge in [-0.15, -0.1) is 0 Å². The molecule has 0 aromatic rings. The van der Waals surface area contributed by atoms with Crippen molar-refractivity contribution in [3.8, 4) is 0 Å². The van der Waals surface area contributed by atoms with E-state index in [1.54, 1.807) is 6.92 Å². The van der Waals surface area contributed by atoms with E-state index in [4.69, 9.17) is 5.11 Å². The van der Waals surface area contributed by atoms with E-state index < -0.39 is 15.9 Å². The summed E-state index contributed by atoms with van der Waals surface area (Å²) in [5.74, 6) is -0.427. The Hall–Kier alpha value is -0.620. The molecular formula is C8H17NO4S. The lowest BCUT2D eigenvalue weighted by molar-refractivity contribution is -0.120. The van der Waals surface area contributed by atoms with E-state index >= 15 is 0 Å². The first-order chi connectivity index (χ1) is 6.31. The Kier molecular flexibility index (Phi) is 5.71. The number of sulfone groups is 1. The molecule has 0 bridgehead atoms. The first kappa shape index (κ1) is 13.4. The topological polar surface area (TPSA) is 83.5 Å². The summed E-state index contributed by atoms with van der Waals surface area (Å²) < 4.78 is 21.4. The van der Waals surface area contributed by atoms with E-state index in [0.29, 0.717) is 13.0 Å². The maximum atomic E-state index is 11.0. The average Bonchev–Trinajstić information content (AvgIpc) is 1.99. The fraction of sp³-hybridized carbons (Fsp3) is 0.875. The SMILES string of the molecule is CC(O)CCNC(=O)CCS(C)(=O)=O. The molecule has 2 N–H and O–H groups in total. The van der Waals surface area contributed by atoms with Crippen LogP contribution >= 0.6 is 0 Å². The van der Waals surface area contributed by atoms with Crippen LogP contribution in [0.3, 0.4) is 0 Å². The van der Waals surface area contributed by atoms with Gasteiger partial charge in [0.15, 0.2) is 0 Å². The molecule has 5 nitrogen and oxygen atoms in total. The van der Waals surface area contributed by atoms with Crippen LogP contribution in [0.15, 0.2) is 0 Å². The molecule has 0 aliphatic heterocycles. The molecule has 1 unspecified atom stereocenters. The number of carbonyl (C=O) groups is 1. The maximum absolute atomic E-state index is 11.0. The van der Waals surface area contributed by atoms with E-state index in [1.165, 1.54) is 0 Å². The van der Waals surface area contributed by atoms with Gasteiger partial charge < -0.3 is 10.4 Å². The first-order valence-corrected chi connectivity index (χ1v) is 6.50. The summed E-state index contributed by atoms with van der Waals surface area (Å²) in [5.41, 5.74) is 0. The molecular weight excluding hydrogens is 206 g/mol. The van der Waals surface area contributed by atoms with E-state index in [1.807, 2.05) is 0 Å². The zero-order valence-electron chi connectivity index (χ0n) is 8.49. The highest BCUT2D eigenvalue weighted by Gasteiger charge is 2.07. The lowest BCUT2D eigenvalue weighted by Gasteiger charge is -2.05. The van der Waals surface area contributed by atoms with Crippen molar-refractivity contribution in [1.29, 1.82) is 0 Å². The Bertz CT molecular complexity index is 271. The average molecular weight is 223 g/mol. The minimum atomic E-state index is -3.07. The van der Waals surface area contributed by atoms with Crippen molar-refractivity contribution < 1.29 is 18.3 Å². The van der Waals surface area contributed by atoms with E-state index in [9.17, 15) is 13.2 Å². The van der Waals surface area contributed by atoms with Crippen LogP contribution < -0.4 is 5.32 Å². The Balaban J connectivity index is 3.57. The molecule has 0 aliphatic carbocycles. The summed E-state index contributed by atoms with van der Waals surface area (Å²) in [7, 11) is -3.07. The summed E-state index contributed by atoms with van der Waals surface area (Å²) in [6.07, 6.45) is 1.10. The van der Waals surface area contributed by atoms with Crippen LogP contribution in [0, 0.1) is 0 Å². The zero-order valence-corrected chi connectivity index (χ0v) is 9.30. The van der Waals surface area contributed by atoms with E-state index in [0.717, 1.165) is 6.26 Å². The number of rotatable bonds is 6. The van der Waals surface area contributed by atoms with Crippen molar-refractivity contribution in [3.05, 3.63) is 0 Å². The number of hydrogen-bond donors (Lipinski definition) is 2. The highest BCUT2D eigenvalue weighted by molar-refractivity contribution is 7.90. The standard InChI is InChI=1S/C8H17NO4S/c1-7(10)3-5-9-8(11)4-6-14(2,12)13/h7,10H,3-6H2,1-2H3,(H,9,11). The van der Waals surface area contributed by atoms with Crippen LogP contribution in [0.2, 0.25) is 0 Å². The molecule has 0 spiro atoms. The van der Waals surface area contributed by atoms with Crippen LogP contribution in [-0.4, -0.2) is 44.1 Å². The maximum Gasteiger partial charge on any atom is 0.221 e. The predicted octanol–water partition coefficient (Wildman–Crippen LogP) is -0.692. The van der Waals surface area contributed by atoms with Gasteiger partial charge >= 0.3 is 0 Å². The molecule has 1 atom stereocenters. The molecule has 14 heavy (non-hydrogen) atoms. The van der Waals surface area contributed by atoms with Crippen LogP contribution in [0.25, 0.3) is 0 Å². The van der Waals surface area contributed by atoms with Crippen molar-refractivity contribution in [2.45, 2.75) is 25.9 Å². The summed E-state index contributed by atoms with van der Waals surface area (Å²) >= 11 is 0. The normalized spacial score (nSPS) is 13.6. The number of aliphatic hydroxyl groups excluding tert-OH is 1. The van der Waals surface area contributed by atoms with Crippen LogP contribution in [0.5, 0.6) is 0 Å². The lowest BCUT2D eigenvalue weighted by Crippen LogP contribution is -2.27. The van der Waals surface area contributed by atoms with Gasteiger partial charge in [-0.3, -0.25) is 4.79 Å². The van der Waals surface area contributed by atoms with E-state index in [-0.39, 0.29) is 18.1 Å². The molecule has 0 heterocycles. The smallest absolute Gasteiger partial charge is 0.221 e. The van der Waals surface area contributed by atoms with Crippen LogP contribution in [0.4, 0.5) is 0 Å². The first-order valence-electron chi connectivity index (χ1n) is 4.44. The second kappa shape index (κ2) is 5.98. The minimum absolute atomic E-state index is 0.0152. The van der Waals surface area contributed by atoms with Crippen LogP contribution in [-0.2, 0) is 14.6 Å². The molecule has 6 heteroatoms. The summed E-state index contributed by atoms with van der Waals surface area (Å²) in [5, 5.41) is 11.4. The lowest BCUT2D eigenvalue weighted by atomic mass is 10.3. The number of amides is 1. The van der Waals surface area contributed by atoms with Crippen molar-refractivity contribution in [1.82, 2.24) is 5.32 Å². The zero-order chi connectivity index (χ0) is 11.2. The van der Waals surface area contributed by atoms with Gasteiger partial charge in [-0.1, -0.05) is 0 Å². The molecule has 0 aliphatic rings. The van der Waals surface area contributed by atoms with Crippen molar-refractivity contribution in [2.75, 3.05) is 18.6 Å². The van der Waals surface area contributed by atoms with Gasteiger partial charge in [0.2, 0.25) is 5.91 Å². The monoisotopic (exact) mass is 223 g/mol. The summed E-state index contributed by atoms with van der Waals surface area (Å²) in [4.78, 5) is 11.0. The van der Waals surface area contributed by atoms with Gasteiger partial charge in [0, 0.05) is 19.2 Å². The van der Waals surface area contributed by atoms with Crippen molar-refractivity contribution in [3.63, 3.8) is 0 Å². The molecule has 84 valence electrons. The number of nitrogens with one attached hydrogen (secondary N) is 1. The fourth-order valence-electron chi connectivity index (χ4n) is 0.787. The van der Waals surface area contributed by atoms with Crippen molar-refractivity contribution >= 4 is 15.7 Å². The quantitative estimate of drug-likeness (QED) is 0.624. The molecule has 0 saturated carbocycles. The molecule has 0 aromatic heterocycles. The molecule has 0 saturated heterocycles. The molecule has 0 fully saturated rings. The highest BCUT2D eigenvalue weighted by Crippen LogP contribution is 1.90. The molecule has 0 rings (SSSR count). The van der Waals surface area contributed by atoms with Gasteiger partial charge in [-0.25, -0.2) is 8.42 Å². The number of carbonyl (C=O) groups excluding carboxylic acids is 1. The van der Waals surface area contributed by atoms with Crippen LogP contribution in [0.1, 0.15) is 19.8 Å². The predicted molar refractivity (Wildman–Crippen MR) is 53.6 cm³/mol. The minimum Gasteiger partial charge on any atom is -0.393 e. The molecule has 0 radical (unpaired) electrons. The second-order valence-electron chi connectivity index (χ2n) is 3.37. The van der Waals surface area contributed by atoms with Gasteiger partial charge in [0.1, 0.15) is 9.84 Å². The Morgan fingerprint density at radius 3 is 2.50 bits per heavy atom. The van der Waals surface area contributed by atoms with Crippen molar-refractivity contribution in [2.24, 2.45) is 0 Å². The number of aliphatic hydroxyl groups is 1. The third kappa shape index (κ3) is 9.47. The Morgan fingerprint density at radius 1 is 1.50 bits per heavy atom. The van der Waals surface area contributed by atoms with E-state index in [2.05, 4.69) is 5.32 Å². The largest absolute Gasteiger partial charge is 0.393 e. The highest BCUT2D eigenvalue weighted by atomic mass is 32.2. The summed E-state index contributed by atoms with van der Waals surface area (Å²) in [6, 6.07) is 0. The Morgan fingerprint density at radius 2 is 2.07 bits per heavy atom.